The first-order valence-electron chi connectivity index (χ1n) is 9.52. The van der Waals surface area contributed by atoms with Gasteiger partial charge in [-0.2, -0.15) is 0 Å². The Hall–Kier alpha value is -1.58. The van der Waals surface area contributed by atoms with Gasteiger partial charge in [0.1, 0.15) is 0 Å². The van der Waals surface area contributed by atoms with Crippen molar-refractivity contribution < 1.29 is 9.53 Å². The fourth-order valence-corrected chi connectivity index (χ4v) is 2.90. The first-order chi connectivity index (χ1) is 12.7. The van der Waals surface area contributed by atoms with Crippen LogP contribution in [0.3, 0.4) is 0 Å². The van der Waals surface area contributed by atoms with E-state index in [0.29, 0.717) is 12.4 Å². The number of hydrogen-bond acceptors (Lipinski definition) is 4. The van der Waals surface area contributed by atoms with Crippen molar-refractivity contribution in [3.8, 4) is 5.88 Å². The van der Waals surface area contributed by atoms with Gasteiger partial charge in [-0.25, -0.2) is 9.98 Å². The van der Waals surface area contributed by atoms with E-state index in [-0.39, 0.29) is 29.9 Å². The van der Waals surface area contributed by atoms with E-state index in [0.717, 1.165) is 56.8 Å². The maximum Gasteiger partial charge on any atom is 0.219 e. The normalized spacial score (nSPS) is 17.3. The van der Waals surface area contributed by atoms with Gasteiger partial charge in [-0.05, 0) is 31.2 Å². The summed E-state index contributed by atoms with van der Waals surface area (Å²) >= 11 is 0. The van der Waals surface area contributed by atoms with E-state index in [1.54, 1.807) is 6.92 Å². The van der Waals surface area contributed by atoms with Crippen LogP contribution < -0.4 is 10.1 Å². The van der Waals surface area contributed by atoms with Gasteiger partial charge in [0, 0.05) is 51.9 Å². The van der Waals surface area contributed by atoms with Crippen molar-refractivity contribution in [2.24, 2.45) is 10.9 Å². The zero-order valence-corrected chi connectivity index (χ0v) is 18.5. The largest absolute Gasteiger partial charge is 0.477 e. The molecule has 1 aliphatic heterocycles. The number of nitrogens with zero attached hydrogens (tertiary/aromatic N) is 4. The third kappa shape index (κ3) is 6.82. The summed E-state index contributed by atoms with van der Waals surface area (Å²) < 4.78 is 5.67. The lowest BCUT2D eigenvalue weighted by atomic mass is 10.3. The summed E-state index contributed by atoms with van der Waals surface area (Å²) in [5.41, 5.74) is 1.06. The van der Waals surface area contributed by atoms with Crippen LogP contribution in [0.2, 0.25) is 0 Å². The highest BCUT2D eigenvalue weighted by Crippen LogP contribution is 2.29. The van der Waals surface area contributed by atoms with Crippen LogP contribution in [0.5, 0.6) is 5.88 Å². The van der Waals surface area contributed by atoms with Gasteiger partial charge in [0.2, 0.25) is 11.8 Å². The summed E-state index contributed by atoms with van der Waals surface area (Å²) in [7, 11) is 0. The number of rotatable bonds is 6. The van der Waals surface area contributed by atoms with Crippen LogP contribution in [0.15, 0.2) is 23.3 Å². The van der Waals surface area contributed by atoms with E-state index in [9.17, 15) is 4.79 Å². The third-order valence-corrected chi connectivity index (χ3v) is 4.73. The van der Waals surface area contributed by atoms with Crippen molar-refractivity contribution in [2.75, 3.05) is 39.3 Å². The van der Waals surface area contributed by atoms with Crippen molar-refractivity contribution in [3.05, 3.63) is 23.9 Å². The van der Waals surface area contributed by atoms with E-state index >= 15 is 0 Å². The highest BCUT2D eigenvalue weighted by molar-refractivity contribution is 14.0. The Labute approximate surface area is 178 Å². The van der Waals surface area contributed by atoms with Gasteiger partial charge in [0.25, 0.3) is 0 Å². The maximum atomic E-state index is 11.5. The molecule has 3 rings (SSSR count). The Bertz CT molecular complexity index is 625. The number of amides is 1. The smallest absolute Gasteiger partial charge is 0.219 e. The summed E-state index contributed by atoms with van der Waals surface area (Å²) in [6.45, 7) is 8.96. The minimum atomic E-state index is 0. The molecule has 0 atom stereocenters. The van der Waals surface area contributed by atoms with Crippen molar-refractivity contribution in [3.63, 3.8) is 0 Å². The second-order valence-corrected chi connectivity index (χ2v) is 6.92. The molecule has 0 bridgehead atoms. The monoisotopic (exact) mass is 487 g/mol. The minimum Gasteiger partial charge on any atom is -0.477 e. The summed E-state index contributed by atoms with van der Waals surface area (Å²) in [4.78, 5) is 24.7. The lowest BCUT2D eigenvalue weighted by Crippen LogP contribution is -2.53. The van der Waals surface area contributed by atoms with Crippen molar-refractivity contribution in [1.29, 1.82) is 0 Å². The molecule has 150 valence electrons. The van der Waals surface area contributed by atoms with E-state index in [4.69, 9.17) is 9.73 Å². The van der Waals surface area contributed by atoms with Gasteiger partial charge in [-0.15, -0.1) is 24.0 Å². The van der Waals surface area contributed by atoms with Gasteiger partial charge < -0.3 is 19.9 Å². The molecule has 1 saturated heterocycles. The number of aromatic nitrogens is 1. The first-order valence-corrected chi connectivity index (χ1v) is 9.52. The zero-order chi connectivity index (χ0) is 18.4. The fourth-order valence-electron chi connectivity index (χ4n) is 2.90. The quantitative estimate of drug-likeness (QED) is 0.378. The van der Waals surface area contributed by atoms with Gasteiger partial charge >= 0.3 is 0 Å². The van der Waals surface area contributed by atoms with E-state index in [1.165, 1.54) is 12.8 Å². The van der Waals surface area contributed by atoms with Crippen LogP contribution in [0, 0.1) is 5.92 Å². The van der Waals surface area contributed by atoms with Gasteiger partial charge in [-0.3, -0.25) is 4.79 Å². The van der Waals surface area contributed by atoms with E-state index in [1.807, 2.05) is 23.2 Å². The number of ether oxygens (including phenoxy) is 1. The van der Waals surface area contributed by atoms with Crippen molar-refractivity contribution in [1.82, 2.24) is 20.1 Å². The molecular weight excluding hydrogens is 457 g/mol. The second kappa shape index (κ2) is 10.7. The number of halogens is 1. The Kier molecular flexibility index (Phi) is 8.59. The summed E-state index contributed by atoms with van der Waals surface area (Å²) in [5.74, 6) is 2.45. The Morgan fingerprint density at radius 1 is 1.26 bits per heavy atom. The predicted octanol–water partition coefficient (Wildman–Crippen LogP) is 2.12. The first kappa shape index (κ1) is 21.7. The molecule has 0 spiro atoms. The lowest BCUT2D eigenvalue weighted by Gasteiger charge is -2.36. The van der Waals surface area contributed by atoms with Gasteiger partial charge in [-0.1, -0.05) is 6.07 Å². The molecule has 0 unspecified atom stereocenters. The second-order valence-electron chi connectivity index (χ2n) is 6.92. The van der Waals surface area contributed by atoms with Crippen LogP contribution >= 0.6 is 24.0 Å². The molecule has 1 N–H and O–H groups in total. The highest BCUT2D eigenvalue weighted by Gasteiger charge is 2.22. The summed E-state index contributed by atoms with van der Waals surface area (Å²) in [5, 5.41) is 3.35. The van der Waals surface area contributed by atoms with Gasteiger partial charge in [0.15, 0.2) is 5.96 Å². The number of carbonyl (C=O) groups excluding carboxylic acids is 1. The van der Waals surface area contributed by atoms with E-state index in [2.05, 4.69) is 22.1 Å². The van der Waals surface area contributed by atoms with Crippen LogP contribution in [-0.2, 0) is 11.3 Å². The number of piperazine rings is 1. The van der Waals surface area contributed by atoms with Crippen LogP contribution in [0.25, 0.3) is 0 Å². The number of guanidine groups is 1. The van der Waals surface area contributed by atoms with Crippen LogP contribution in [0.1, 0.15) is 32.3 Å². The third-order valence-electron chi connectivity index (χ3n) is 4.73. The van der Waals surface area contributed by atoms with E-state index < -0.39 is 0 Å². The average molecular weight is 487 g/mol. The molecule has 8 heteroatoms. The minimum absolute atomic E-state index is 0. The zero-order valence-electron chi connectivity index (χ0n) is 16.2. The molecule has 1 aliphatic carbocycles. The Morgan fingerprint density at radius 2 is 1.96 bits per heavy atom. The molecule has 7 nitrogen and oxygen atoms in total. The van der Waals surface area contributed by atoms with Crippen molar-refractivity contribution >= 4 is 35.8 Å². The standard InChI is InChI=1S/C19H29N5O2.HI/c1-3-20-19(24-10-8-23(9-11-24)15(2)25)22-13-17-6-7-18(21-12-17)26-14-16-4-5-16;/h6-7,12,16H,3-5,8-11,13-14H2,1-2H3,(H,20,22);1H. The number of pyridine rings is 1. The molecule has 1 aromatic rings. The molecule has 0 aromatic carbocycles. The molecule has 2 fully saturated rings. The Balaban J connectivity index is 0.00000261. The SMILES string of the molecule is CCNC(=NCc1ccc(OCC2CC2)nc1)N1CCN(C(C)=O)CC1.I. The summed E-state index contributed by atoms with van der Waals surface area (Å²) in [6, 6.07) is 3.95. The van der Waals surface area contributed by atoms with Gasteiger partial charge in [0.05, 0.1) is 13.2 Å². The predicted molar refractivity (Wildman–Crippen MR) is 117 cm³/mol. The number of nitrogens with one attached hydrogen (secondary N) is 1. The summed E-state index contributed by atoms with van der Waals surface area (Å²) in [6.07, 6.45) is 4.39. The molecule has 1 amide bonds. The molecule has 2 heterocycles. The molecule has 0 radical (unpaired) electrons. The molecule has 1 saturated carbocycles. The molecule has 27 heavy (non-hydrogen) atoms. The van der Waals surface area contributed by atoms with Crippen LogP contribution in [-0.4, -0.2) is 66.0 Å². The number of hydrogen-bond donors (Lipinski definition) is 1. The average Bonchev–Trinajstić information content (AvgIpc) is 3.49. The fraction of sp³-hybridized carbons (Fsp3) is 0.632. The van der Waals surface area contributed by atoms with Crippen molar-refractivity contribution in [2.45, 2.75) is 33.2 Å². The Morgan fingerprint density at radius 3 is 2.52 bits per heavy atom. The molecular formula is C19H30IN5O2. The molecule has 2 aliphatic rings. The van der Waals surface area contributed by atoms with Crippen LogP contribution in [0.4, 0.5) is 0 Å². The lowest BCUT2D eigenvalue weighted by molar-refractivity contribution is -0.130. The molecule has 1 aromatic heterocycles. The topological polar surface area (TPSA) is 70.1 Å². The number of carbonyl (C=O) groups is 1. The highest BCUT2D eigenvalue weighted by atomic mass is 127. The maximum absolute atomic E-state index is 11.5. The number of aliphatic imine (C=N–C) groups is 1.